The number of Topliss-reactive ketones (excluding diaryl/α,β-unsaturated/α-hetero) is 1. The Bertz CT molecular complexity index is 514. The summed E-state index contributed by atoms with van der Waals surface area (Å²) in [5, 5.41) is 8.34. The van der Waals surface area contributed by atoms with Crippen molar-refractivity contribution < 1.29 is 14.3 Å². The highest BCUT2D eigenvalue weighted by molar-refractivity contribution is 6.19. The van der Waals surface area contributed by atoms with Gasteiger partial charge in [0.25, 0.3) is 0 Å². The van der Waals surface area contributed by atoms with Gasteiger partial charge in [0.15, 0.2) is 5.78 Å². The van der Waals surface area contributed by atoms with Gasteiger partial charge in [-0.05, 0) is 18.6 Å². The van der Waals surface area contributed by atoms with E-state index in [4.69, 9.17) is 10.00 Å². The second kappa shape index (κ2) is 21.6. The molecule has 0 radical (unpaired) electrons. The lowest BCUT2D eigenvalue weighted by Gasteiger charge is -2.04. The first-order valence-electron chi connectivity index (χ1n) is 8.88. The zero-order chi connectivity index (χ0) is 20.1. The van der Waals surface area contributed by atoms with Crippen LogP contribution in [0.2, 0.25) is 0 Å². The normalized spacial score (nSPS) is 8.80. The van der Waals surface area contributed by atoms with Crippen molar-refractivity contribution in [2.24, 2.45) is 0 Å². The van der Waals surface area contributed by atoms with Crippen molar-refractivity contribution >= 4 is 17.8 Å². The summed E-state index contributed by atoms with van der Waals surface area (Å²) in [6, 6.07) is 10.9. The number of ketones is 1. The molecule has 0 saturated carbocycles. The quantitative estimate of drug-likeness (QED) is 0.229. The summed E-state index contributed by atoms with van der Waals surface area (Å²) in [7, 11) is 0. The van der Waals surface area contributed by atoms with Gasteiger partial charge in [0.2, 0.25) is 0 Å². The summed E-state index contributed by atoms with van der Waals surface area (Å²) >= 11 is 0. The molecule has 0 N–H and O–H groups in total. The Morgan fingerprint density at radius 1 is 1.08 bits per heavy atom. The number of nitrogens with zero attached hydrogens (tertiary/aromatic N) is 1. The van der Waals surface area contributed by atoms with E-state index in [2.05, 4.69) is 13.8 Å². The highest BCUT2D eigenvalue weighted by Crippen LogP contribution is 2.09. The van der Waals surface area contributed by atoms with Crippen LogP contribution >= 0.6 is 0 Å². The number of hydrogen-bond donors (Lipinski definition) is 0. The Morgan fingerprint density at radius 3 is 1.96 bits per heavy atom. The molecule has 0 aromatic heterocycles. The Labute approximate surface area is 153 Å². The number of rotatable bonds is 5. The number of hydrogen-bond acceptors (Lipinski definition) is 4. The molecule has 0 aliphatic heterocycles. The molecule has 1 aromatic rings. The van der Waals surface area contributed by atoms with E-state index in [9.17, 15) is 9.59 Å². The predicted octanol–water partition coefficient (Wildman–Crippen LogP) is 5.58. The van der Waals surface area contributed by atoms with Gasteiger partial charge in [-0.1, -0.05) is 78.3 Å². The molecule has 1 aromatic carbocycles. The lowest BCUT2D eigenvalue weighted by atomic mass is 10.1. The van der Waals surface area contributed by atoms with Crippen molar-refractivity contribution in [2.75, 3.05) is 6.61 Å². The number of nitriles is 1. The number of carbonyl (C=O) groups excluding carboxylic acids is 2. The van der Waals surface area contributed by atoms with Gasteiger partial charge in [0, 0.05) is 0 Å². The molecule has 0 saturated heterocycles. The third-order valence-electron chi connectivity index (χ3n) is 2.16. The molecule has 0 bridgehead atoms. The maximum atomic E-state index is 11.6. The van der Waals surface area contributed by atoms with Crippen LogP contribution < -0.4 is 0 Å². The van der Waals surface area contributed by atoms with Crippen molar-refractivity contribution in [2.45, 2.75) is 61.3 Å². The van der Waals surface area contributed by atoms with E-state index >= 15 is 0 Å². The molecule has 0 heterocycles. The average molecular weight is 347 g/mol. The molecular weight excluding hydrogens is 314 g/mol. The molecule has 0 unspecified atom stereocenters. The maximum absolute atomic E-state index is 11.6. The number of carbonyl (C=O) groups is 2. The third kappa shape index (κ3) is 16.2. The molecule has 0 aliphatic rings. The molecule has 0 spiro atoms. The Balaban J connectivity index is -0.000000605. The van der Waals surface area contributed by atoms with Crippen LogP contribution in [0.5, 0.6) is 0 Å². The molecule has 4 nitrogen and oxygen atoms in total. The Kier molecular flexibility index (Phi) is 23.7. The molecule has 140 valence electrons. The second-order valence-electron chi connectivity index (χ2n) is 4.28. The number of ether oxygens (including phenoxy) is 1. The first-order valence-corrected chi connectivity index (χ1v) is 8.88. The fourth-order valence-electron chi connectivity index (χ4n) is 1.29. The van der Waals surface area contributed by atoms with Gasteiger partial charge in [-0.25, -0.2) is 4.79 Å². The van der Waals surface area contributed by atoms with Gasteiger partial charge in [0.05, 0.1) is 12.5 Å². The van der Waals surface area contributed by atoms with Gasteiger partial charge in [0.1, 0.15) is 12.2 Å². The minimum atomic E-state index is -0.693. The highest BCUT2D eigenvalue weighted by Gasteiger charge is 2.15. The lowest BCUT2D eigenvalue weighted by Crippen LogP contribution is -2.14. The van der Waals surface area contributed by atoms with Crippen molar-refractivity contribution in [1.82, 2.24) is 0 Å². The first-order chi connectivity index (χ1) is 12.1. The van der Waals surface area contributed by atoms with Gasteiger partial charge in [-0.15, -0.1) is 0 Å². The minimum absolute atomic E-state index is 0.00522. The van der Waals surface area contributed by atoms with Gasteiger partial charge >= 0.3 is 5.97 Å². The van der Waals surface area contributed by atoms with Crippen molar-refractivity contribution in [3.05, 3.63) is 41.5 Å². The van der Waals surface area contributed by atoms with Crippen LogP contribution in [0.25, 0.3) is 6.08 Å². The summed E-state index contributed by atoms with van der Waals surface area (Å²) in [6.07, 6.45) is 2.85. The van der Waals surface area contributed by atoms with Crippen molar-refractivity contribution in [3.8, 4) is 6.07 Å². The molecule has 4 heteroatoms. The zero-order valence-electron chi connectivity index (χ0n) is 16.8. The van der Waals surface area contributed by atoms with Crippen LogP contribution in [0.1, 0.15) is 66.9 Å². The summed E-state index contributed by atoms with van der Waals surface area (Å²) in [4.78, 5) is 23.0. The van der Waals surface area contributed by atoms with E-state index in [0.717, 1.165) is 5.56 Å². The van der Waals surface area contributed by atoms with E-state index in [-0.39, 0.29) is 24.4 Å². The Morgan fingerprint density at radius 2 is 1.56 bits per heavy atom. The molecule has 0 atom stereocenters. The maximum Gasteiger partial charge on any atom is 0.341 e. The molecular formula is C21H33NO3. The summed E-state index contributed by atoms with van der Waals surface area (Å²) in [5.41, 5.74) is 0.735. The molecule has 0 fully saturated rings. The van der Waals surface area contributed by atoms with Crippen molar-refractivity contribution in [1.29, 1.82) is 5.26 Å². The highest BCUT2D eigenvalue weighted by atomic mass is 16.5. The first kappa shape index (κ1) is 27.4. The minimum Gasteiger partial charge on any atom is -0.461 e. The summed E-state index contributed by atoms with van der Waals surface area (Å²) < 4.78 is 4.83. The SMILES string of the molecule is CC.CC.CC(=O)/C(=C\c1ccccc1)C(=O)OCCC#N.CCC. The molecule has 25 heavy (non-hydrogen) atoms. The smallest absolute Gasteiger partial charge is 0.341 e. The van der Waals surface area contributed by atoms with E-state index in [0.29, 0.717) is 0 Å². The second-order valence-corrected chi connectivity index (χ2v) is 4.28. The largest absolute Gasteiger partial charge is 0.461 e. The van der Waals surface area contributed by atoms with Crippen molar-refractivity contribution in [3.63, 3.8) is 0 Å². The predicted molar refractivity (Wildman–Crippen MR) is 105 cm³/mol. The van der Waals surface area contributed by atoms with E-state index in [1.165, 1.54) is 19.4 Å². The van der Waals surface area contributed by atoms with Crippen LogP contribution in [0.15, 0.2) is 35.9 Å². The van der Waals surface area contributed by atoms with Crippen LogP contribution in [0, 0.1) is 11.3 Å². The van der Waals surface area contributed by atoms with E-state index < -0.39 is 5.97 Å². The molecule has 0 amide bonds. The standard InChI is InChI=1S/C14H13NO3.C3H8.2C2H6/c1-11(16)13(14(17)18-9-5-8-15)10-12-6-3-2-4-7-12;1-3-2;2*1-2/h2-4,6-7,10H,5,9H2,1H3;3H2,1-2H3;2*1-2H3/b13-10+;;;. The average Bonchev–Trinajstić information content (AvgIpc) is 2.64. The topological polar surface area (TPSA) is 67.2 Å². The lowest BCUT2D eigenvalue weighted by molar-refractivity contribution is -0.140. The zero-order valence-corrected chi connectivity index (χ0v) is 16.8. The molecule has 0 aliphatic carbocycles. The monoisotopic (exact) mass is 347 g/mol. The van der Waals surface area contributed by atoms with E-state index in [1.807, 2.05) is 52.0 Å². The van der Waals surface area contributed by atoms with Crippen LogP contribution in [-0.2, 0) is 14.3 Å². The third-order valence-corrected chi connectivity index (χ3v) is 2.16. The number of benzene rings is 1. The van der Waals surface area contributed by atoms with Crippen LogP contribution in [-0.4, -0.2) is 18.4 Å². The fourth-order valence-corrected chi connectivity index (χ4v) is 1.29. The van der Waals surface area contributed by atoms with Gasteiger partial charge in [-0.3, -0.25) is 4.79 Å². The van der Waals surface area contributed by atoms with Gasteiger partial charge < -0.3 is 4.74 Å². The fraction of sp³-hybridized carbons (Fsp3) is 0.476. The number of esters is 1. The van der Waals surface area contributed by atoms with Crippen LogP contribution in [0.4, 0.5) is 0 Å². The van der Waals surface area contributed by atoms with Gasteiger partial charge in [-0.2, -0.15) is 5.26 Å². The van der Waals surface area contributed by atoms with E-state index in [1.54, 1.807) is 12.1 Å². The Hall–Kier alpha value is -2.41. The summed E-state index contributed by atoms with van der Waals surface area (Å²) in [5.74, 6) is -1.05. The molecule has 1 rings (SSSR count). The van der Waals surface area contributed by atoms with Crippen LogP contribution in [0.3, 0.4) is 0 Å². The summed E-state index contributed by atoms with van der Waals surface area (Å²) in [6.45, 7) is 13.6.